The summed E-state index contributed by atoms with van der Waals surface area (Å²) in [5, 5.41) is 10.5. The van der Waals surface area contributed by atoms with Gasteiger partial charge in [0, 0.05) is 4.88 Å². The zero-order valence-corrected chi connectivity index (χ0v) is 16.9. The van der Waals surface area contributed by atoms with Crippen LogP contribution in [0.5, 0.6) is 0 Å². The molecule has 1 N–H and O–H groups in total. The first-order valence-corrected chi connectivity index (χ1v) is 9.77. The average Bonchev–Trinajstić information content (AvgIpc) is 3.26. The fourth-order valence-corrected chi connectivity index (χ4v) is 4.36. The normalized spacial score (nSPS) is 12.3. The minimum Gasteiger partial charge on any atom is -0.481 e. The topological polar surface area (TPSA) is 67.5 Å². The Kier molecular flexibility index (Phi) is 5.75. The van der Waals surface area contributed by atoms with E-state index in [1.807, 2.05) is 13.8 Å². The van der Waals surface area contributed by atoms with Gasteiger partial charge in [-0.15, -0.1) is 11.3 Å². The molecule has 2 heterocycles. The summed E-state index contributed by atoms with van der Waals surface area (Å²) in [6.07, 6.45) is 1.43. The van der Waals surface area contributed by atoms with Crippen molar-refractivity contribution in [2.24, 2.45) is 5.92 Å². The summed E-state index contributed by atoms with van der Waals surface area (Å²) in [6, 6.07) is 9.96. The van der Waals surface area contributed by atoms with E-state index in [1.165, 1.54) is 17.6 Å². The van der Waals surface area contributed by atoms with Gasteiger partial charge in [-0.2, -0.15) is 0 Å². The molecule has 3 rings (SSSR count). The standard InChI is InChI=1S/C20H16Cl2O4S/c1-10(2)17(20(24)25)12-9-16(18(23)15-4-3-7-26-15)27-19(12)11-5-6-13(21)14(22)8-11/h3-10,17H,1-2H3,(H,24,25). The highest BCUT2D eigenvalue weighted by Crippen LogP contribution is 2.42. The summed E-state index contributed by atoms with van der Waals surface area (Å²) in [5.74, 6) is -1.94. The molecule has 2 aromatic heterocycles. The summed E-state index contributed by atoms with van der Waals surface area (Å²) in [6.45, 7) is 3.67. The third kappa shape index (κ3) is 3.95. The molecule has 7 heteroatoms. The summed E-state index contributed by atoms with van der Waals surface area (Å²) < 4.78 is 5.20. The van der Waals surface area contributed by atoms with Gasteiger partial charge in [0.05, 0.1) is 27.1 Å². The molecule has 1 atom stereocenters. The Morgan fingerprint density at radius 1 is 1.11 bits per heavy atom. The first-order valence-electron chi connectivity index (χ1n) is 8.19. The maximum atomic E-state index is 12.7. The number of benzene rings is 1. The highest BCUT2D eigenvalue weighted by atomic mass is 35.5. The number of carboxylic acid groups (broad SMARTS) is 1. The third-order valence-corrected chi connectivity index (χ3v) is 6.12. The van der Waals surface area contributed by atoms with Gasteiger partial charge in [-0.1, -0.05) is 43.1 Å². The van der Waals surface area contributed by atoms with Crippen LogP contribution in [0.25, 0.3) is 10.4 Å². The van der Waals surface area contributed by atoms with E-state index in [1.54, 1.807) is 36.4 Å². The highest BCUT2D eigenvalue weighted by molar-refractivity contribution is 7.17. The van der Waals surface area contributed by atoms with E-state index in [0.29, 0.717) is 25.4 Å². The number of aliphatic carboxylic acids is 1. The molecular weight excluding hydrogens is 407 g/mol. The fraction of sp³-hybridized carbons (Fsp3) is 0.200. The predicted octanol–water partition coefficient (Wildman–Crippen LogP) is 6.37. The lowest BCUT2D eigenvalue weighted by Crippen LogP contribution is -2.17. The van der Waals surface area contributed by atoms with Crippen molar-refractivity contribution >= 4 is 46.3 Å². The van der Waals surface area contributed by atoms with Crippen LogP contribution < -0.4 is 0 Å². The van der Waals surface area contributed by atoms with Crippen LogP contribution in [0.2, 0.25) is 10.0 Å². The maximum Gasteiger partial charge on any atom is 0.311 e. The molecule has 1 unspecified atom stereocenters. The Morgan fingerprint density at radius 2 is 1.85 bits per heavy atom. The van der Waals surface area contributed by atoms with Gasteiger partial charge in [0.25, 0.3) is 0 Å². The van der Waals surface area contributed by atoms with E-state index >= 15 is 0 Å². The number of halogens is 2. The van der Waals surface area contributed by atoms with Crippen molar-refractivity contribution in [3.63, 3.8) is 0 Å². The van der Waals surface area contributed by atoms with Crippen LogP contribution in [0.15, 0.2) is 47.1 Å². The van der Waals surface area contributed by atoms with Crippen molar-refractivity contribution in [1.29, 1.82) is 0 Å². The summed E-state index contributed by atoms with van der Waals surface area (Å²) in [5.41, 5.74) is 1.30. The Bertz CT molecular complexity index is 990. The molecule has 4 nitrogen and oxygen atoms in total. The van der Waals surface area contributed by atoms with Crippen molar-refractivity contribution in [3.05, 3.63) is 68.9 Å². The molecule has 0 radical (unpaired) electrons. The lowest BCUT2D eigenvalue weighted by atomic mass is 9.87. The number of carbonyl (C=O) groups excluding carboxylic acids is 1. The largest absolute Gasteiger partial charge is 0.481 e. The Morgan fingerprint density at radius 3 is 2.41 bits per heavy atom. The van der Waals surface area contributed by atoms with E-state index < -0.39 is 11.9 Å². The van der Waals surface area contributed by atoms with Gasteiger partial charge in [0.15, 0.2) is 5.76 Å². The van der Waals surface area contributed by atoms with Gasteiger partial charge in [-0.25, -0.2) is 0 Å². The van der Waals surface area contributed by atoms with Crippen LogP contribution in [0, 0.1) is 5.92 Å². The van der Waals surface area contributed by atoms with E-state index in [0.717, 1.165) is 5.56 Å². The van der Waals surface area contributed by atoms with Crippen molar-refractivity contribution in [1.82, 2.24) is 0 Å². The smallest absolute Gasteiger partial charge is 0.311 e. The van der Waals surface area contributed by atoms with Gasteiger partial charge < -0.3 is 9.52 Å². The number of hydrogen-bond acceptors (Lipinski definition) is 4. The molecule has 0 fully saturated rings. The van der Waals surface area contributed by atoms with Crippen LogP contribution in [-0.4, -0.2) is 16.9 Å². The second-order valence-electron chi connectivity index (χ2n) is 6.39. The van der Waals surface area contributed by atoms with Crippen molar-refractivity contribution in [2.75, 3.05) is 0 Å². The van der Waals surface area contributed by atoms with Crippen molar-refractivity contribution < 1.29 is 19.1 Å². The molecule has 0 bridgehead atoms. The van der Waals surface area contributed by atoms with Gasteiger partial charge in [0.1, 0.15) is 0 Å². The Balaban J connectivity index is 2.18. The lowest BCUT2D eigenvalue weighted by Gasteiger charge is -2.17. The quantitative estimate of drug-likeness (QED) is 0.468. The number of ketones is 1. The number of thiophene rings is 1. The second-order valence-corrected chi connectivity index (χ2v) is 8.26. The van der Waals surface area contributed by atoms with Crippen LogP contribution in [0.1, 0.15) is 40.8 Å². The van der Waals surface area contributed by atoms with Gasteiger partial charge in [-0.05, 0) is 47.4 Å². The molecule has 3 aromatic rings. The molecule has 0 amide bonds. The van der Waals surface area contributed by atoms with Crippen molar-refractivity contribution in [2.45, 2.75) is 19.8 Å². The van der Waals surface area contributed by atoms with Gasteiger partial charge in [0.2, 0.25) is 5.78 Å². The Hall–Kier alpha value is -2.08. The SMILES string of the molecule is CC(C)C(C(=O)O)c1cc(C(=O)c2ccco2)sc1-c1ccc(Cl)c(Cl)c1. The predicted molar refractivity (Wildman–Crippen MR) is 107 cm³/mol. The molecule has 0 spiro atoms. The molecular formula is C20H16Cl2O4S. The molecule has 0 aliphatic rings. The van der Waals surface area contributed by atoms with Gasteiger partial charge in [-0.3, -0.25) is 9.59 Å². The van der Waals surface area contributed by atoms with E-state index in [-0.39, 0.29) is 17.5 Å². The number of rotatable bonds is 6. The minimum atomic E-state index is -0.943. The van der Waals surface area contributed by atoms with Crippen LogP contribution in [0.4, 0.5) is 0 Å². The first-order chi connectivity index (χ1) is 12.8. The molecule has 140 valence electrons. The van der Waals surface area contributed by atoms with Gasteiger partial charge >= 0.3 is 5.97 Å². The van der Waals surface area contributed by atoms with E-state index in [4.69, 9.17) is 27.6 Å². The van der Waals surface area contributed by atoms with Crippen LogP contribution >= 0.6 is 34.5 Å². The zero-order valence-electron chi connectivity index (χ0n) is 14.5. The fourth-order valence-electron chi connectivity index (χ4n) is 2.92. The van der Waals surface area contributed by atoms with Crippen LogP contribution in [0.3, 0.4) is 0 Å². The Labute approximate surface area is 170 Å². The molecule has 0 aliphatic heterocycles. The number of carbonyl (C=O) groups is 2. The third-order valence-electron chi connectivity index (χ3n) is 4.18. The minimum absolute atomic E-state index is 0.162. The summed E-state index contributed by atoms with van der Waals surface area (Å²) in [7, 11) is 0. The number of furan rings is 1. The van der Waals surface area contributed by atoms with E-state index in [2.05, 4.69) is 0 Å². The first kappa shape index (κ1) is 19.7. The molecule has 0 aliphatic carbocycles. The number of hydrogen-bond donors (Lipinski definition) is 1. The molecule has 0 saturated heterocycles. The maximum absolute atomic E-state index is 12.7. The van der Waals surface area contributed by atoms with E-state index in [9.17, 15) is 14.7 Å². The molecule has 0 saturated carbocycles. The second kappa shape index (κ2) is 7.89. The summed E-state index contributed by atoms with van der Waals surface area (Å²) in [4.78, 5) is 25.7. The zero-order chi connectivity index (χ0) is 19.7. The summed E-state index contributed by atoms with van der Waals surface area (Å²) >= 11 is 13.4. The average molecular weight is 423 g/mol. The lowest BCUT2D eigenvalue weighted by molar-refractivity contribution is -0.139. The van der Waals surface area contributed by atoms with Crippen LogP contribution in [-0.2, 0) is 4.79 Å². The monoisotopic (exact) mass is 422 g/mol. The number of carboxylic acids is 1. The molecule has 27 heavy (non-hydrogen) atoms. The highest BCUT2D eigenvalue weighted by Gasteiger charge is 2.30. The molecule has 1 aromatic carbocycles. The van der Waals surface area contributed by atoms with Crippen molar-refractivity contribution in [3.8, 4) is 10.4 Å².